The van der Waals surface area contributed by atoms with Crippen molar-refractivity contribution in [1.29, 1.82) is 0 Å². The number of likely N-dealkylation sites (N-methyl/N-ethyl adjacent to an activating group) is 1. The number of hydrogen-bond donors (Lipinski definition) is 1. The first-order valence-electron chi connectivity index (χ1n) is 8.44. The zero-order valence-corrected chi connectivity index (χ0v) is 14.0. The topological polar surface area (TPSA) is 38.8 Å². The number of nitrogens with one attached hydrogen (secondary N) is 1. The summed E-state index contributed by atoms with van der Waals surface area (Å²) in [4.78, 5) is 19.1. The Hall–Kier alpha value is -0.650. The Morgan fingerprint density at radius 1 is 1.19 bits per heavy atom. The fourth-order valence-corrected chi connectivity index (χ4v) is 3.52. The molecule has 0 aromatic rings. The molecular weight excluding hydrogens is 264 g/mol. The lowest BCUT2D eigenvalue weighted by atomic mass is 9.92. The molecule has 1 amide bonds. The molecule has 2 aliphatic rings. The first kappa shape index (κ1) is 16.7. The molecule has 0 spiro atoms. The van der Waals surface area contributed by atoms with Crippen LogP contribution in [0.2, 0.25) is 0 Å². The van der Waals surface area contributed by atoms with E-state index < -0.39 is 0 Å². The summed E-state index contributed by atoms with van der Waals surface area (Å²) in [5.41, 5.74) is 0. The SMILES string of the molecule is CC1CC(C)CN(C(=O)CN(C)CCN2CCNCC2)C1. The van der Waals surface area contributed by atoms with Crippen LogP contribution in [0, 0.1) is 11.8 Å². The molecule has 2 unspecified atom stereocenters. The molecule has 2 saturated heterocycles. The summed E-state index contributed by atoms with van der Waals surface area (Å²) in [5, 5.41) is 3.37. The van der Waals surface area contributed by atoms with Crippen molar-refractivity contribution in [3.63, 3.8) is 0 Å². The van der Waals surface area contributed by atoms with Crippen molar-refractivity contribution in [2.24, 2.45) is 11.8 Å². The number of carbonyl (C=O) groups excluding carboxylic acids is 1. The number of nitrogens with zero attached hydrogens (tertiary/aromatic N) is 3. The van der Waals surface area contributed by atoms with Crippen LogP contribution in [-0.2, 0) is 4.79 Å². The third-order valence-electron chi connectivity index (χ3n) is 4.63. The molecular formula is C16H32N4O. The van der Waals surface area contributed by atoms with E-state index >= 15 is 0 Å². The van der Waals surface area contributed by atoms with E-state index in [9.17, 15) is 4.79 Å². The van der Waals surface area contributed by atoms with Gasteiger partial charge in [0.1, 0.15) is 0 Å². The van der Waals surface area contributed by atoms with E-state index in [4.69, 9.17) is 0 Å². The highest BCUT2D eigenvalue weighted by Gasteiger charge is 2.25. The molecule has 2 aliphatic heterocycles. The van der Waals surface area contributed by atoms with Gasteiger partial charge in [0.05, 0.1) is 6.54 Å². The minimum absolute atomic E-state index is 0.302. The zero-order chi connectivity index (χ0) is 15.2. The first-order chi connectivity index (χ1) is 10.0. The smallest absolute Gasteiger partial charge is 0.236 e. The van der Waals surface area contributed by atoms with Gasteiger partial charge in [-0.25, -0.2) is 0 Å². The molecule has 0 bridgehead atoms. The second-order valence-corrected chi connectivity index (χ2v) is 7.07. The number of likely N-dealkylation sites (tertiary alicyclic amines) is 1. The van der Waals surface area contributed by atoms with Crippen LogP contribution in [0.25, 0.3) is 0 Å². The Morgan fingerprint density at radius 3 is 2.43 bits per heavy atom. The molecule has 0 aromatic carbocycles. The normalized spacial score (nSPS) is 28.1. The number of piperazine rings is 1. The summed E-state index contributed by atoms with van der Waals surface area (Å²) >= 11 is 0. The molecule has 0 radical (unpaired) electrons. The maximum atomic E-state index is 12.4. The highest BCUT2D eigenvalue weighted by atomic mass is 16.2. The summed E-state index contributed by atoms with van der Waals surface area (Å²) in [6.45, 7) is 13.4. The highest BCUT2D eigenvalue weighted by molar-refractivity contribution is 5.78. The van der Waals surface area contributed by atoms with Crippen molar-refractivity contribution in [2.75, 3.05) is 66.0 Å². The molecule has 0 aromatic heterocycles. The second-order valence-electron chi connectivity index (χ2n) is 7.07. The molecule has 21 heavy (non-hydrogen) atoms. The average Bonchev–Trinajstić information content (AvgIpc) is 2.45. The number of piperidine rings is 1. The Morgan fingerprint density at radius 2 is 1.81 bits per heavy atom. The van der Waals surface area contributed by atoms with Crippen molar-refractivity contribution in [3.8, 4) is 0 Å². The maximum absolute atomic E-state index is 12.4. The van der Waals surface area contributed by atoms with Gasteiger partial charge in [0, 0.05) is 52.4 Å². The predicted octanol–water partition coefficient (Wildman–Crippen LogP) is 0.328. The molecule has 5 heteroatoms. The van der Waals surface area contributed by atoms with E-state index in [0.717, 1.165) is 52.4 Å². The molecule has 0 aliphatic carbocycles. The monoisotopic (exact) mass is 296 g/mol. The lowest BCUT2D eigenvalue weighted by molar-refractivity contribution is -0.134. The fourth-order valence-electron chi connectivity index (χ4n) is 3.52. The summed E-state index contributed by atoms with van der Waals surface area (Å²) < 4.78 is 0. The molecule has 2 rings (SSSR count). The van der Waals surface area contributed by atoms with Crippen LogP contribution >= 0.6 is 0 Å². The Balaban J connectivity index is 1.68. The van der Waals surface area contributed by atoms with E-state index in [1.165, 1.54) is 6.42 Å². The van der Waals surface area contributed by atoms with Gasteiger partial charge in [-0.2, -0.15) is 0 Å². The van der Waals surface area contributed by atoms with Gasteiger partial charge in [-0.3, -0.25) is 14.6 Å². The number of amides is 1. The van der Waals surface area contributed by atoms with E-state index in [1.54, 1.807) is 0 Å². The van der Waals surface area contributed by atoms with Crippen LogP contribution in [0.5, 0.6) is 0 Å². The van der Waals surface area contributed by atoms with E-state index in [-0.39, 0.29) is 0 Å². The average molecular weight is 296 g/mol. The van der Waals surface area contributed by atoms with E-state index in [2.05, 4.69) is 40.9 Å². The molecule has 1 N–H and O–H groups in total. The Bertz CT molecular complexity index is 320. The van der Waals surface area contributed by atoms with Gasteiger partial charge in [0.25, 0.3) is 0 Å². The van der Waals surface area contributed by atoms with Gasteiger partial charge in [0.2, 0.25) is 5.91 Å². The second kappa shape index (κ2) is 8.11. The Kier molecular flexibility index (Phi) is 6.45. The van der Waals surface area contributed by atoms with Crippen molar-refractivity contribution in [3.05, 3.63) is 0 Å². The van der Waals surface area contributed by atoms with Gasteiger partial charge in [-0.15, -0.1) is 0 Å². The predicted molar refractivity (Wildman–Crippen MR) is 86.3 cm³/mol. The summed E-state index contributed by atoms with van der Waals surface area (Å²) in [6.07, 6.45) is 1.25. The summed E-state index contributed by atoms with van der Waals surface area (Å²) in [5.74, 6) is 1.59. The molecule has 2 heterocycles. The number of rotatable bonds is 5. The molecule has 5 nitrogen and oxygen atoms in total. The fraction of sp³-hybridized carbons (Fsp3) is 0.938. The van der Waals surface area contributed by atoms with Crippen LogP contribution in [0.4, 0.5) is 0 Å². The van der Waals surface area contributed by atoms with Gasteiger partial charge < -0.3 is 10.2 Å². The van der Waals surface area contributed by atoms with Gasteiger partial charge in [0.15, 0.2) is 0 Å². The van der Waals surface area contributed by atoms with Gasteiger partial charge >= 0.3 is 0 Å². The van der Waals surface area contributed by atoms with Crippen LogP contribution in [0.1, 0.15) is 20.3 Å². The summed E-state index contributed by atoms with van der Waals surface area (Å²) in [6, 6.07) is 0. The van der Waals surface area contributed by atoms with E-state index in [1.807, 2.05) is 0 Å². The van der Waals surface area contributed by atoms with Gasteiger partial charge in [-0.05, 0) is 25.3 Å². The first-order valence-corrected chi connectivity index (χ1v) is 8.44. The van der Waals surface area contributed by atoms with Crippen molar-refractivity contribution < 1.29 is 4.79 Å². The number of hydrogen-bond acceptors (Lipinski definition) is 4. The maximum Gasteiger partial charge on any atom is 0.236 e. The van der Waals surface area contributed by atoms with E-state index in [0.29, 0.717) is 24.3 Å². The van der Waals surface area contributed by atoms with Crippen molar-refractivity contribution >= 4 is 5.91 Å². The molecule has 2 fully saturated rings. The minimum atomic E-state index is 0.302. The zero-order valence-electron chi connectivity index (χ0n) is 14.0. The van der Waals surface area contributed by atoms with Crippen LogP contribution < -0.4 is 5.32 Å². The van der Waals surface area contributed by atoms with Crippen molar-refractivity contribution in [1.82, 2.24) is 20.0 Å². The lowest BCUT2D eigenvalue weighted by Crippen LogP contribution is -2.48. The summed E-state index contributed by atoms with van der Waals surface area (Å²) in [7, 11) is 2.07. The van der Waals surface area contributed by atoms with Crippen LogP contribution in [-0.4, -0.2) is 86.6 Å². The highest BCUT2D eigenvalue weighted by Crippen LogP contribution is 2.20. The number of carbonyl (C=O) groups is 1. The molecule has 0 saturated carbocycles. The van der Waals surface area contributed by atoms with Crippen LogP contribution in [0.3, 0.4) is 0 Å². The largest absolute Gasteiger partial charge is 0.341 e. The third kappa shape index (κ3) is 5.57. The quantitative estimate of drug-likeness (QED) is 0.793. The van der Waals surface area contributed by atoms with Crippen LogP contribution in [0.15, 0.2) is 0 Å². The van der Waals surface area contributed by atoms with Crippen molar-refractivity contribution in [2.45, 2.75) is 20.3 Å². The standard InChI is InChI=1S/C16H32N4O/c1-14-10-15(2)12-20(11-14)16(21)13-18(3)8-9-19-6-4-17-5-7-19/h14-15,17H,4-13H2,1-3H3. The molecule has 122 valence electrons. The third-order valence-corrected chi connectivity index (χ3v) is 4.63. The Labute approximate surface area is 129 Å². The molecule has 2 atom stereocenters. The van der Waals surface area contributed by atoms with Gasteiger partial charge in [-0.1, -0.05) is 13.8 Å². The minimum Gasteiger partial charge on any atom is -0.341 e. The lowest BCUT2D eigenvalue weighted by Gasteiger charge is -2.36.